The third-order valence-corrected chi connectivity index (χ3v) is 5.61. The Balaban J connectivity index is 1.95. The van der Waals surface area contributed by atoms with E-state index >= 15 is 0 Å². The highest BCUT2D eigenvalue weighted by atomic mass is 79.9. The van der Waals surface area contributed by atoms with Gasteiger partial charge < -0.3 is 4.74 Å². The molecule has 1 aliphatic heterocycles. The number of aromatic nitrogens is 2. The molecule has 0 bridgehead atoms. The molecule has 0 radical (unpaired) electrons. The van der Waals surface area contributed by atoms with Crippen LogP contribution in [0.4, 0.5) is 4.39 Å². The van der Waals surface area contributed by atoms with Gasteiger partial charge in [0.05, 0.1) is 26.7 Å². The lowest BCUT2D eigenvalue weighted by molar-refractivity contribution is 0.437. The summed E-state index contributed by atoms with van der Waals surface area (Å²) < 4.78 is 19.4. The molecule has 2 unspecified atom stereocenters. The van der Waals surface area contributed by atoms with Crippen LogP contribution in [0.5, 0.6) is 5.88 Å². The van der Waals surface area contributed by atoms with Crippen LogP contribution in [0.3, 0.4) is 0 Å². The van der Waals surface area contributed by atoms with Crippen LogP contribution in [0.2, 0.25) is 0 Å². The minimum atomic E-state index is -0.818. The molecule has 1 aliphatic rings. The van der Waals surface area contributed by atoms with Gasteiger partial charge in [0.15, 0.2) is 0 Å². The molecule has 1 aromatic carbocycles. The topological polar surface area (TPSA) is 85.6 Å². The number of nitrogens with one attached hydrogen (secondary N) is 2. The summed E-state index contributed by atoms with van der Waals surface area (Å²) in [7, 11) is 0. The molecule has 0 saturated carbocycles. The normalized spacial score (nSPS) is 19.2. The summed E-state index contributed by atoms with van der Waals surface area (Å²) in [5.41, 5.74) is 2.18. The monoisotopic (exact) mass is 416 g/mol. The summed E-state index contributed by atoms with van der Waals surface area (Å²) in [5, 5.41) is 26.7. The second kappa shape index (κ2) is 6.10. The largest absolute Gasteiger partial charge is 0.422 e. The molecule has 0 spiro atoms. The van der Waals surface area contributed by atoms with Crippen LogP contribution in [0.1, 0.15) is 17.0 Å². The highest BCUT2D eigenvalue weighted by Gasteiger charge is 2.41. The molecular formula is C17H10BrFN4OS. The molecule has 25 heavy (non-hydrogen) atoms. The van der Waals surface area contributed by atoms with Crippen molar-refractivity contribution >= 4 is 33.2 Å². The number of benzene rings is 1. The van der Waals surface area contributed by atoms with E-state index in [2.05, 4.69) is 32.2 Å². The van der Waals surface area contributed by atoms with E-state index in [0.717, 1.165) is 10.6 Å². The molecule has 124 valence electrons. The summed E-state index contributed by atoms with van der Waals surface area (Å²) >= 11 is 4.73. The van der Waals surface area contributed by atoms with Crippen LogP contribution in [-0.4, -0.2) is 16.1 Å². The van der Waals surface area contributed by atoms with Crippen molar-refractivity contribution in [2.24, 2.45) is 5.92 Å². The van der Waals surface area contributed by atoms with Crippen molar-refractivity contribution in [3.8, 4) is 22.5 Å². The molecule has 0 amide bonds. The summed E-state index contributed by atoms with van der Waals surface area (Å²) in [4.78, 5) is 0.952. The van der Waals surface area contributed by atoms with Crippen LogP contribution in [-0.2, 0) is 0 Å². The second-order valence-electron chi connectivity index (χ2n) is 5.52. The Bertz CT molecular complexity index is 1010. The molecule has 4 rings (SSSR count). The van der Waals surface area contributed by atoms with Gasteiger partial charge >= 0.3 is 0 Å². The van der Waals surface area contributed by atoms with Crippen LogP contribution < -0.4 is 4.74 Å². The van der Waals surface area contributed by atoms with Crippen molar-refractivity contribution in [2.75, 3.05) is 0 Å². The van der Waals surface area contributed by atoms with Gasteiger partial charge in [0.1, 0.15) is 11.7 Å². The van der Waals surface area contributed by atoms with E-state index < -0.39 is 11.8 Å². The van der Waals surface area contributed by atoms with Crippen molar-refractivity contribution in [3.63, 3.8) is 0 Å². The highest BCUT2D eigenvalue weighted by Crippen LogP contribution is 2.46. The first-order valence-corrected chi connectivity index (χ1v) is 9.00. The van der Waals surface area contributed by atoms with Gasteiger partial charge in [-0.2, -0.15) is 5.26 Å². The molecule has 8 heteroatoms. The van der Waals surface area contributed by atoms with E-state index in [1.165, 1.54) is 17.4 Å². The number of nitrogens with zero attached hydrogens (tertiary/aromatic N) is 2. The van der Waals surface area contributed by atoms with E-state index in [9.17, 15) is 9.65 Å². The van der Waals surface area contributed by atoms with Gasteiger partial charge in [-0.05, 0) is 45.1 Å². The first-order valence-electron chi connectivity index (χ1n) is 7.33. The minimum absolute atomic E-state index is 0.162. The van der Waals surface area contributed by atoms with Crippen molar-refractivity contribution in [1.82, 2.24) is 10.2 Å². The molecule has 2 N–H and O–H groups in total. The number of rotatable bonds is 2. The van der Waals surface area contributed by atoms with E-state index in [-0.39, 0.29) is 17.6 Å². The molecule has 0 aliphatic carbocycles. The van der Waals surface area contributed by atoms with Crippen LogP contribution in [0.25, 0.3) is 10.6 Å². The van der Waals surface area contributed by atoms with Crippen LogP contribution in [0, 0.1) is 28.5 Å². The third-order valence-electron chi connectivity index (χ3n) is 4.11. The van der Waals surface area contributed by atoms with Gasteiger partial charge in [0, 0.05) is 5.92 Å². The Morgan fingerprint density at radius 2 is 2.24 bits per heavy atom. The Morgan fingerprint density at radius 1 is 1.40 bits per heavy atom. The van der Waals surface area contributed by atoms with Crippen LogP contribution in [0.15, 0.2) is 40.2 Å². The Kier molecular flexibility index (Phi) is 3.90. The second-order valence-corrected chi connectivity index (χ2v) is 7.32. The molecule has 3 heterocycles. The fourth-order valence-corrected chi connectivity index (χ4v) is 4.12. The molecule has 5 nitrogen and oxygen atoms in total. The van der Waals surface area contributed by atoms with Gasteiger partial charge in [-0.15, -0.1) is 16.4 Å². The van der Waals surface area contributed by atoms with Crippen molar-refractivity contribution in [1.29, 1.82) is 10.7 Å². The third kappa shape index (κ3) is 2.56. The zero-order valence-electron chi connectivity index (χ0n) is 12.6. The molecule has 0 saturated heterocycles. The predicted octanol–water partition coefficient (Wildman–Crippen LogP) is 4.68. The molecule has 0 fully saturated rings. The standard InChI is InChI=1S/C17H10BrFN4OS/c18-10-6-8(3-4-11(10)19)13-9(7-20)16(21)24-17-14(13)15(22-23-17)12-2-1-5-25-12/h1-6,9,13,21H,(H,22,23). The smallest absolute Gasteiger partial charge is 0.244 e. The van der Waals surface area contributed by atoms with Crippen molar-refractivity contribution in [2.45, 2.75) is 5.92 Å². The molecular weight excluding hydrogens is 407 g/mol. The lowest BCUT2D eigenvalue weighted by Crippen LogP contribution is -2.30. The van der Waals surface area contributed by atoms with E-state index in [4.69, 9.17) is 10.1 Å². The fraction of sp³-hybridized carbons (Fsp3) is 0.118. The molecule has 2 aromatic heterocycles. The summed E-state index contributed by atoms with van der Waals surface area (Å²) in [6.07, 6.45) is 0. The summed E-state index contributed by atoms with van der Waals surface area (Å²) in [5.74, 6) is -1.56. The van der Waals surface area contributed by atoms with Crippen molar-refractivity contribution in [3.05, 3.63) is 57.1 Å². The zero-order chi connectivity index (χ0) is 17.6. The number of ether oxygens (including phenoxy) is 1. The van der Waals surface area contributed by atoms with Crippen LogP contribution >= 0.6 is 27.3 Å². The first-order chi connectivity index (χ1) is 12.1. The lowest BCUT2D eigenvalue weighted by atomic mass is 9.79. The van der Waals surface area contributed by atoms with E-state index in [1.807, 2.05) is 17.5 Å². The van der Waals surface area contributed by atoms with Gasteiger partial charge in [-0.25, -0.2) is 4.39 Å². The number of aromatic amines is 1. The zero-order valence-corrected chi connectivity index (χ0v) is 15.0. The van der Waals surface area contributed by atoms with Gasteiger partial charge in [-0.1, -0.05) is 12.1 Å². The molecule has 2 atom stereocenters. The SMILES string of the molecule is N#CC1C(=N)Oc2n[nH]c(-c3cccs3)c2C1c1ccc(F)c(Br)c1. The number of halogens is 2. The van der Waals surface area contributed by atoms with Gasteiger partial charge in [0.25, 0.3) is 0 Å². The van der Waals surface area contributed by atoms with Crippen molar-refractivity contribution < 1.29 is 9.13 Å². The number of H-pyrrole nitrogens is 1. The Labute approximate surface area is 154 Å². The maximum absolute atomic E-state index is 13.7. The number of thiophene rings is 1. The lowest BCUT2D eigenvalue weighted by Gasteiger charge is -2.28. The molecule has 3 aromatic rings. The average Bonchev–Trinajstić information content (AvgIpc) is 3.25. The first kappa shape index (κ1) is 16.0. The number of nitriles is 1. The van der Waals surface area contributed by atoms with E-state index in [1.54, 1.807) is 12.1 Å². The summed E-state index contributed by atoms with van der Waals surface area (Å²) in [6, 6.07) is 10.6. The maximum atomic E-state index is 13.7. The van der Waals surface area contributed by atoms with Gasteiger partial charge in [0.2, 0.25) is 11.8 Å². The highest BCUT2D eigenvalue weighted by molar-refractivity contribution is 9.10. The van der Waals surface area contributed by atoms with Gasteiger partial charge in [-0.3, -0.25) is 10.5 Å². The maximum Gasteiger partial charge on any atom is 0.244 e. The average molecular weight is 417 g/mol. The number of fused-ring (bicyclic) bond motifs is 1. The number of hydrogen-bond acceptors (Lipinski definition) is 5. The Hall–Kier alpha value is -2.50. The predicted molar refractivity (Wildman–Crippen MR) is 95.3 cm³/mol. The van der Waals surface area contributed by atoms with E-state index in [0.29, 0.717) is 15.6 Å². The Morgan fingerprint density at radius 3 is 2.92 bits per heavy atom. The summed E-state index contributed by atoms with van der Waals surface area (Å²) in [6.45, 7) is 0. The fourth-order valence-electron chi connectivity index (χ4n) is 2.99. The quantitative estimate of drug-likeness (QED) is 0.635. The minimum Gasteiger partial charge on any atom is -0.422 e. The number of hydrogen-bond donors (Lipinski definition) is 2.